The summed E-state index contributed by atoms with van der Waals surface area (Å²) in [6, 6.07) is 3.31. The molecule has 1 aromatic rings. The van der Waals surface area contributed by atoms with Crippen LogP contribution in [0.2, 0.25) is 0 Å². The van der Waals surface area contributed by atoms with Gasteiger partial charge >= 0.3 is 0 Å². The van der Waals surface area contributed by atoms with Gasteiger partial charge in [-0.3, -0.25) is 9.59 Å². The Bertz CT molecular complexity index is 403. The Kier molecular flexibility index (Phi) is 3.29. The minimum Gasteiger partial charge on any atom is -0.455 e. The van der Waals surface area contributed by atoms with E-state index in [4.69, 9.17) is 16.0 Å². The zero-order chi connectivity index (χ0) is 11.5. The fourth-order valence-electron chi connectivity index (χ4n) is 1.68. The molecular formula is C11H12ClNO3. The predicted molar refractivity (Wildman–Crippen MR) is 58.4 cm³/mol. The lowest BCUT2D eigenvalue weighted by molar-refractivity contribution is -0.120. The molecule has 1 saturated heterocycles. The van der Waals surface area contributed by atoms with Gasteiger partial charge in [0, 0.05) is 25.9 Å². The third-order valence-electron chi connectivity index (χ3n) is 2.61. The lowest BCUT2D eigenvalue weighted by Crippen LogP contribution is -2.38. The van der Waals surface area contributed by atoms with Crippen molar-refractivity contribution in [3.63, 3.8) is 0 Å². The normalized spacial score (nSPS) is 16.6. The van der Waals surface area contributed by atoms with Crippen molar-refractivity contribution in [3.05, 3.63) is 23.7 Å². The average molecular weight is 242 g/mol. The first-order chi connectivity index (χ1) is 7.70. The van der Waals surface area contributed by atoms with Gasteiger partial charge in [-0.2, -0.15) is 0 Å². The number of furan rings is 1. The van der Waals surface area contributed by atoms with Crippen LogP contribution in [0.25, 0.3) is 0 Å². The maximum absolute atomic E-state index is 11.9. The number of carbonyl (C=O) groups is 2. The molecule has 0 atom stereocenters. The zero-order valence-corrected chi connectivity index (χ0v) is 9.50. The summed E-state index contributed by atoms with van der Waals surface area (Å²) in [5.41, 5.74) is 0. The number of nitrogens with zero attached hydrogens (tertiary/aromatic N) is 1. The summed E-state index contributed by atoms with van der Waals surface area (Å²) >= 11 is 5.59. The van der Waals surface area contributed by atoms with Gasteiger partial charge in [0.15, 0.2) is 5.76 Å². The molecule has 0 aromatic carbocycles. The Morgan fingerprint density at radius 2 is 2.06 bits per heavy atom. The number of likely N-dealkylation sites (tertiary alicyclic amines) is 1. The molecule has 0 radical (unpaired) electrons. The number of amides is 1. The van der Waals surface area contributed by atoms with Crippen LogP contribution in [0.5, 0.6) is 0 Å². The van der Waals surface area contributed by atoms with E-state index in [2.05, 4.69) is 0 Å². The van der Waals surface area contributed by atoms with E-state index in [-0.39, 0.29) is 17.6 Å². The fourth-order valence-corrected chi connectivity index (χ4v) is 1.82. The first kappa shape index (κ1) is 11.2. The van der Waals surface area contributed by atoms with Gasteiger partial charge in [-0.05, 0) is 12.1 Å². The molecule has 2 heterocycles. The van der Waals surface area contributed by atoms with Gasteiger partial charge in [0.1, 0.15) is 11.5 Å². The smallest absolute Gasteiger partial charge is 0.289 e. The van der Waals surface area contributed by atoms with Crippen molar-refractivity contribution >= 4 is 23.3 Å². The largest absolute Gasteiger partial charge is 0.455 e. The van der Waals surface area contributed by atoms with Gasteiger partial charge in [-0.25, -0.2) is 0 Å². The molecule has 2 rings (SSSR count). The summed E-state index contributed by atoms with van der Waals surface area (Å²) in [6.07, 6.45) is 0.879. The Morgan fingerprint density at radius 1 is 1.38 bits per heavy atom. The van der Waals surface area contributed by atoms with Crippen LogP contribution in [0.4, 0.5) is 0 Å². The molecule has 1 aromatic heterocycles. The topological polar surface area (TPSA) is 50.5 Å². The van der Waals surface area contributed by atoms with E-state index < -0.39 is 0 Å². The molecule has 0 spiro atoms. The number of carbonyl (C=O) groups excluding carboxylic acids is 2. The first-order valence-electron chi connectivity index (χ1n) is 5.16. The third kappa shape index (κ3) is 2.27. The van der Waals surface area contributed by atoms with Gasteiger partial charge in [0.25, 0.3) is 5.91 Å². The van der Waals surface area contributed by atoms with E-state index in [1.54, 1.807) is 17.0 Å². The highest BCUT2D eigenvalue weighted by Crippen LogP contribution is 2.15. The summed E-state index contributed by atoms with van der Waals surface area (Å²) in [7, 11) is 0. The first-order valence-corrected chi connectivity index (χ1v) is 5.70. The second kappa shape index (κ2) is 4.70. The number of rotatable bonds is 2. The third-order valence-corrected chi connectivity index (χ3v) is 2.88. The van der Waals surface area contributed by atoms with Crippen LogP contribution in [0.1, 0.15) is 29.2 Å². The van der Waals surface area contributed by atoms with E-state index in [0.717, 1.165) is 0 Å². The Morgan fingerprint density at radius 3 is 2.62 bits per heavy atom. The molecule has 0 N–H and O–H groups in total. The van der Waals surface area contributed by atoms with Crippen molar-refractivity contribution in [3.8, 4) is 0 Å². The Balaban J connectivity index is 2.04. The van der Waals surface area contributed by atoms with E-state index in [1.165, 1.54) is 0 Å². The molecule has 0 saturated carbocycles. The van der Waals surface area contributed by atoms with Crippen molar-refractivity contribution in [1.82, 2.24) is 4.90 Å². The summed E-state index contributed by atoms with van der Waals surface area (Å²) in [6.45, 7) is 0.961. The number of alkyl halides is 1. The molecule has 1 aliphatic heterocycles. The van der Waals surface area contributed by atoms with Crippen LogP contribution < -0.4 is 0 Å². The van der Waals surface area contributed by atoms with Crippen LogP contribution >= 0.6 is 11.6 Å². The monoisotopic (exact) mass is 241 g/mol. The van der Waals surface area contributed by atoms with Crippen LogP contribution in [0.15, 0.2) is 16.5 Å². The summed E-state index contributed by atoms with van der Waals surface area (Å²) in [5.74, 6) is 1.18. The van der Waals surface area contributed by atoms with Crippen LogP contribution in [0.3, 0.4) is 0 Å². The van der Waals surface area contributed by atoms with E-state index in [9.17, 15) is 9.59 Å². The van der Waals surface area contributed by atoms with Crippen LogP contribution in [-0.4, -0.2) is 29.7 Å². The number of hydrogen-bond acceptors (Lipinski definition) is 3. The highest BCUT2D eigenvalue weighted by atomic mass is 35.5. The van der Waals surface area contributed by atoms with Gasteiger partial charge in [0.2, 0.25) is 0 Å². The van der Waals surface area contributed by atoms with E-state index in [0.29, 0.717) is 37.5 Å². The highest BCUT2D eigenvalue weighted by Gasteiger charge is 2.23. The Labute approximate surface area is 98.2 Å². The van der Waals surface area contributed by atoms with Gasteiger partial charge in [-0.1, -0.05) is 0 Å². The highest BCUT2D eigenvalue weighted by molar-refractivity contribution is 6.16. The van der Waals surface area contributed by atoms with Crippen LogP contribution in [-0.2, 0) is 10.7 Å². The van der Waals surface area contributed by atoms with E-state index in [1.807, 2.05) is 0 Å². The standard InChI is InChI=1S/C11H12ClNO3/c12-7-9-1-2-10(16-9)11(15)13-5-3-8(14)4-6-13/h1-2H,3-7H2. The van der Waals surface area contributed by atoms with Crippen molar-refractivity contribution in [2.45, 2.75) is 18.7 Å². The SMILES string of the molecule is O=C1CCN(C(=O)c2ccc(CCl)o2)CC1. The lowest BCUT2D eigenvalue weighted by Gasteiger charge is -2.24. The molecule has 1 amide bonds. The second-order valence-corrected chi connectivity index (χ2v) is 4.00. The molecule has 0 bridgehead atoms. The lowest BCUT2D eigenvalue weighted by atomic mass is 10.1. The maximum atomic E-state index is 11.9. The number of hydrogen-bond donors (Lipinski definition) is 0. The summed E-state index contributed by atoms with van der Waals surface area (Å²) in [4.78, 5) is 24.6. The molecule has 5 heteroatoms. The second-order valence-electron chi connectivity index (χ2n) is 3.73. The molecular weight excluding hydrogens is 230 g/mol. The molecule has 0 aliphatic carbocycles. The Hall–Kier alpha value is -1.29. The predicted octanol–water partition coefficient (Wildman–Crippen LogP) is 1.82. The van der Waals surface area contributed by atoms with Crippen molar-refractivity contribution in [2.24, 2.45) is 0 Å². The maximum Gasteiger partial charge on any atom is 0.289 e. The molecule has 0 unspecified atom stereocenters. The minimum atomic E-state index is -0.163. The minimum absolute atomic E-state index is 0.163. The van der Waals surface area contributed by atoms with Crippen molar-refractivity contribution < 1.29 is 14.0 Å². The fraction of sp³-hybridized carbons (Fsp3) is 0.455. The van der Waals surface area contributed by atoms with Crippen molar-refractivity contribution in [1.29, 1.82) is 0 Å². The quantitative estimate of drug-likeness (QED) is 0.743. The van der Waals surface area contributed by atoms with Crippen LogP contribution in [0, 0.1) is 0 Å². The molecule has 86 valence electrons. The molecule has 4 nitrogen and oxygen atoms in total. The number of halogens is 1. The molecule has 16 heavy (non-hydrogen) atoms. The zero-order valence-electron chi connectivity index (χ0n) is 8.74. The average Bonchev–Trinajstić information content (AvgIpc) is 2.77. The van der Waals surface area contributed by atoms with Gasteiger partial charge in [-0.15, -0.1) is 11.6 Å². The number of piperidine rings is 1. The summed E-state index contributed by atoms with van der Waals surface area (Å²) < 4.78 is 5.27. The number of ketones is 1. The molecule has 1 aliphatic rings. The van der Waals surface area contributed by atoms with Crippen molar-refractivity contribution in [2.75, 3.05) is 13.1 Å². The van der Waals surface area contributed by atoms with Gasteiger partial charge in [0.05, 0.1) is 5.88 Å². The summed E-state index contributed by atoms with van der Waals surface area (Å²) in [5, 5.41) is 0. The molecule has 1 fully saturated rings. The number of Topliss-reactive ketones (excluding diaryl/α,β-unsaturated/α-hetero) is 1. The van der Waals surface area contributed by atoms with Gasteiger partial charge < -0.3 is 9.32 Å². The van der Waals surface area contributed by atoms with E-state index >= 15 is 0 Å².